The van der Waals surface area contributed by atoms with Gasteiger partial charge in [0.25, 0.3) is 0 Å². The number of benzene rings is 1. The third-order valence-electron chi connectivity index (χ3n) is 2.83. The average Bonchev–Trinajstić information content (AvgIpc) is 2.13. The molecule has 0 bridgehead atoms. The Kier molecular flexibility index (Phi) is 2.76. The van der Waals surface area contributed by atoms with Crippen molar-refractivity contribution in [2.75, 3.05) is 13.1 Å². The number of hydrogen-bond acceptors (Lipinski definition) is 3. The molecule has 0 unspecified atom stereocenters. The van der Waals surface area contributed by atoms with E-state index in [-0.39, 0.29) is 4.90 Å². The molecule has 1 fully saturated rings. The standard InChI is InChI=1S/C11H15FN2O2S/c1-8-5-9(12)3-4-10(8)17(15,16)14-6-11(2,13)7-14/h3-5H,6-7,13H2,1-2H3. The lowest BCUT2D eigenvalue weighted by Gasteiger charge is -2.44. The Morgan fingerprint density at radius 2 is 2.00 bits per heavy atom. The quantitative estimate of drug-likeness (QED) is 0.855. The van der Waals surface area contributed by atoms with E-state index in [0.717, 1.165) is 6.07 Å². The first-order valence-corrected chi connectivity index (χ1v) is 6.72. The maximum atomic E-state index is 12.9. The second-order valence-electron chi connectivity index (χ2n) is 4.84. The number of halogens is 1. The van der Waals surface area contributed by atoms with Crippen LogP contribution in [-0.2, 0) is 10.0 Å². The lowest BCUT2D eigenvalue weighted by atomic mass is 9.97. The first-order chi connectivity index (χ1) is 7.72. The highest BCUT2D eigenvalue weighted by Gasteiger charge is 2.42. The van der Waals surface area contributed by atoms with Crippen LogP contribution in [-0.4, -0.2) is 31.4 Å². The summed E-state index contributed by atoms with van der Waals surface area (Å²) in [5.74, 6) is -0.436. The molecule has 2 rings (SSSR count). The molecule has 0 atom stereocenters. The zero-order valence-corrected chi connectivity index (χ0v) is 10.6. The van der Waals surface area contributed by atoms with Crippen molar-refractivity contribution >= 4 is 10.0 Å². The van der Waals surface area contributed by atoms with Crippen molar-refractivity contribution in [3.05, 3.63) is 29.6 Å². The van der Waals surface area contributed by atoms with Crippen molar-refractivity contribution in [1.29, 1.82) is 0 Å². The molecule has 94 valence electrons. The molecule has 17 heavy (non-hydrogen) atoms. The van der Waals surface area contributed by atoms with Crippen LogP contribution < -0.4 is 5.73 Å². The molecule has 0 saturated carbocycles. The smallest absolute Gasteiger partial charge is 0.243 e. The Bertz CT molecular complexity index is 547. The molecule has 0 amide bonds. The molecule has 0 spiro atoms. The van der Waals surface area contributed by atoms with E-state index in [0.29, 0.717) is 18.7 Å². The third-order valence-corrected chi connectivity index (χ3v) is 4.78. The maximum absolute atomic E-state index is 12.9. The number of nitrogens with zero attached hydrogens (tertiary/aromatic N) is 1. The summed E-state index contributed by atoms with van der Waals surface area (Å²) in [5.41, 5.74) is 5.74. The minimum absolute atomic E-state index is 0.148. The van der Waals surface area contributed by atoms with Gasteiger partial charge in [-0.3, -0.25) is 0 Å². The number of sulfonamides is 1. The van der Waals surface area contributed by atoms with Crippen molar-refractivity contribution in [2.45, 2.75) is 24.3 Å². The van der Waals surface area contributed by atoms with Crippen LogP contribution in [0.4, 0.5) is 4.39 Å². The van der Waals surface area contributed by atoms with Gasteiger partial charge in [0.15, 0.2) is 0 Å². The minimum atomic E-state index is -3.53. The number of hydrogen-bond donors (Lipinski definition) is 1. The van der Waals surface area contributed by atoms with Crippen molar-refractivity contribution in [1.82, 2.24) is 4.31 Å². The van der Waals surface area contributed by atoms with E-state index in [9.17, 15) is 12.8 Å². The largest absolute Gasteiger partial charge is 0.323 e. The zero-order valence-electron chi connectivity index (χ0n) is 9.77. The van der Waals surface area contributed by atoms with E-state index in [4.69, 9.17) is 5.73 Å². The van der Waals surface area contributed by atoms with Crippen LogP contribution in [0.5, 0.6) is 0 Å². The molecule has 1 saturated heterocycles. The molecule has 0 aliphatic carbocycles. The summed E-state index contributed by atoms with van der Waals surface area (Å²) in [5, 5.41) is 0. The van der Waals surface area contributed by atoms with E-state index in [1.165, 1.54) is 16.4 Å². The van der Waals surface area contributed by atoms with Crippen LogP contribution >= 0.6 is 0 Å². The third kappa shape index (κ3) is 2.20. The predicted molar refractivity (Wildman–Crippen MR) is 62.5 cm³/mol. The summed E-state index contributed by atoms with van der Waals surface area (Å²) < 4.78 is 38.6. The van der Waals surface area contributed by atoms with Crippen molar-refractivity contribution in [3.8, 4) is 0 Å². The van der Waals surface area contributed by atoms with E-state index in [1.54, 1.807) is 13.8 Å². The van der Waals surface area contributed by atoms with Crippen LogP contribution in [0.1, 0.15) is 12.5 Å². The summed E-state index contributed by atoms with van der Waals surface area (Å²) in [7, 11) is -3.53. The molecular formula is C11H15FN2O2S. The fourth-order valence-corrected chi connectivity index (χ4v) is 3.88. The summed E-state index contributed by atoms with van der Waals surface area (Å²) in [6, 6.07) is 3.67. The van der Waals surface area contributed by atoms with Gasteiger partial charge < -0.3 is 5.73 Å². The van der Waals surface area contributed by atoms with Crippen LogP contribution in [0, 0.1) is 12.7 Å². The normalized spacial score (nSPS) is 20.0. The van der Waals surface area contributed by atoms with E-state index in [1.807, 2.05) is 0 Å². The molecule has 1 heterocycles. The molecule has 0 radical (unpaired) electrons. The van der Waals surface area contributed by atoms with Gasteiger partial charge in [-0.2, -0.15) is 4.31 Å². The topological polar surface area (TPSA) is 63.4 Å². The van der Waals surface area contributed by atoms with Crippen LogP contribution in [0.3, 0.4) is 0 Å². The van der Waals surface area contributed by atoms with E-state index in [2.05, 4.69) is 0 Å². The molecule has 4 nitrogen and oxygen atoms in total. The molecule has 1 aromatic carbocycles. The molecule has 1 aromatic rings. The highest BCUT2D eigenvalue weighted by Crippen LogP contribution is 2.28. The van der Waals surface area contributed by atoms with Crippen LogP contribution in [0.25, 0.3) is 0 Å². The number of nitrogens with two attached hydrogens (primary N) is 1. The molecule has 0 aromatic heterocycles. The van der Waals surface area contributed by atoms with Gasteiger partial charge in [0.1, 0.15) is 5.82 Å². The van der Waals surface area contributed by atoms with Gasteiger partial charge in [-0.15, -0.1) is 0 Å². The Hall–Kier alpha value is -0.980. The van der Waals surface area contributed by atoms with Crippen molar-refractivity contribution < 1.29 is 12.8 Å². The van der Waals surface area contributed by atoms with Gasteiger partial charge in [0, 0.05) is 18.6 Å². The van der Waals surface area contributed by atoms with Gasteiger partial charge in [0.2, 0.25) is 10.0 Å². The summed E-state index contributed by atoms with van der Waals surface area (Å²) in [6.07, 6.45) is 0. The first-order valence-electron chi connectivity index (χ1n) is 5.28. The average molecular weight is 258 g/mol. The number of rotatable bonds is 2. The second-order valence-corrected chi connectivity index (χ2v) is 6.74. The fraction of sp³-hybridized carbons (Fsp3) is 0.455. The summed E-state index contributed by atoms with van der Waals surface area (Å²) in [6.45, 7) is 3.98. The monoisotopic (exact) mass is 258 g/mol. The number of aryl methyl sites for hydroxylation is 1. The molecule has 6 heteroatoms. The Labute approximate surface area is 100 Å². The maximum Gasteiger partial charge on any atom is 0.243 e. The molecular weight excluding hydrogens is 243 g/mol. The van der Waals surface area contributed by atoms with Crippen LogP contribution in [0.15, 0.2) is 23.1 Å². The summed E-state index contributed by atoms with van der Waals surface area (Å²) >= 11 is 0. The zero-order chi connectivity index (χ0) is 12.8. The van der Waals surface area contributed by atoms with E-state index < -0.39 is 21.4 Å². The molecule has 1 aliphatic rings. The van der Waals surface area contributed by atoms with E-state index >= 15 is 0 Å². The van der Waals surface area contributed by atoms with Gasteiger partial charge in [0.05, 0.1) is 4.90 Å². The van der Waals surface area contributed by atoms with Gasteiger partial charge >= 0.3 is 0 Å². The lowest BCUT2D eigenvalue weighted by molar-refractivity contribution is 0.176. The molecule has 2 N–H and O–H groups in total. The lowest BCUT2D eigenvalue weighted by Crippen LogP contribution is -2.66. The molecule has 1 aliphatic heterocycles. The Morgan fingerprint density at radius 1 is 1.41 bits per heavy atom. The van der Waals surface area contributed by atoms with Crippen molar-refractivity contribution in [3.63, 3.8) is 0 Å². The predicted octanol–water partition coefficient (Wildman–Crippen LogP) is 0.856. The first kappa shape index (κ1) is 12.5. The highest BCUT2D eigenvalue weighted by molar-refractivity contribution is 7.89. The summed E-state index contributed by atoms with van der Waals surface area (Å²) in [4.78, 5) is 0.148. The minimum Gasteiger partial charge on any atom is -0.323 e. The van der Waals surface area contributed by atoms with Gasteiger partial charge in [-0.1, -0.05) is 0 Å². The Balaban J connectivity index is 2.34. The Morgan fingerprint density at radius 3 is 2.47 bits per heavy atom. The van der Waals surface area contributed by atoms with Gasteiger partial charge in [-0.05, 0) is 37.6 Å². The highest BCUT2D eigenvalue weighted by atomic mass is 32.2. The second kappa shape index (κ2) is 3.76. The SMILES string of the molecule is Cc1cc(F)ccc1S(=O)(=O)N1CC(C)(N)C1. The van der Waals surface area contributed by atoms with Crippen LogP contribution in [0.2, 0.25) is 0 Å². The van der Waals surface area contributed by atoms with Crippen molar-refractivity contribution in [2.24, 2.45) is 5.73 Å². The van der Waals surface area contributed by atoms with Gasteiger partial charge in [-0.25, -0.2) is 12.8 Å². The fourth-order valence-electron chi connectivity index (χ4n) is 1.97.